The molecule has 0 saturated carbocycles. The fourth-order valence-corrected chi connectivity index (χ4v) is 2.02. The zero-order valence-corrected chi connectivity index (χ0v) is 10.1. The summed E-state index contributed by atoms with van der Waals surface area (Å²) >= 11 is 0. The van der Waals surface area contributed by atoms with Crippen LogP contribution in [0.5, 0.6) is 0 Å². The molecule has 1 nitrogen and oxygen atoms in total. The summed E-state index contributed by atoms with van der Waals surface area (Å²) in [6.07, 6.45) is 0.691. The SMILES string of the molecule is Cc1ccc2cc(CC(C)(C)O)ccc2c1. The molecule has 0 aliphatic heterocycles. The summed E-state index contributed by atoms with van der Waals surface area (Å²) in [4.78, 5) is 0. The van der Waals surface area contributed by atoms with Crippen LogP contribution in [-0.2, 0) is 6.42 Å². The van der Waals surface area contributed by atoms with Crippen molar-refractivity contribution in [2.45, 2.75) is 32.8 Å². The number of hydrogen-bond donors (Lipinski definition) is 1. The van der Waals surface area contributed by atoms with Crippen LogP contribution in [0.4, 0.5) is 0 Å². The molecule has 0 radical (unpaired) electrons. The molecule has 0 bridgehead atoms. The Balaban J connectivity index is 2.41. The molecule has 0 atom stereocenters. The summed E-state index contributed by atoms with van der Waals surface area (Å²) in [6, 6.07) is 12.8. The van der Waals surface area contributed by atoms with Crippen molar-refractivity contribution in [2.75, 3.05) is 0 Å². The summed E-state index contributed by atoms with van der Waals surface area (Å²) in [7, 11) is 0. The van der Waals surface area contributed by atoms with Gasteiger partial charge in [0.05, 0.1) is 5.60 Å². The monoisotopic (exact) mass is 214 g/mol. The highest BCUT2D eigenvalue weighted by Crippen LogP contribution is 2.20. The topological polar surface area (TPSA) is 20.2 Å². The maximum Gasteiger partial charge on any atom is 0.0631 e. The lowest BCUT2D eigenvalue weighted by molar-refractivity contribution is 0.0810. The molecule has 84 valence electrons. The Morgan fingerprint density at radius 3 is 2.31 bits per heavy atom. The van der Waals surface area contributed by atoms with Crippen molar-refractivity contribution in [1.29, 1.82) is 0 Å². The number of rotatable bonds is 2. The largest absolute Gasteiger partial charge is 0.390 e. The van der Waals surface area contributed by atoms with E-state index >= 15 is 0 Å². The van der Waals surface area contributed by atoms with Gasteiger partial charge in [0.1, 0.15) is 0 Å². The Morgan fingerprint density at radius 2 is 1.62 bits per heavy atom. The molecule has 0 spiro atoms. The Hall–Kier alpha value is -1.34. The van der Waals surface area contributed by atoms with E-state index in [0.717, 1.165) is 0 Å². The Morgan fingerprint density at radius 1 is 1.00 bits per heavy atom. The molecule has 0 heterocycles. The molecule has 0 amide bonds. The summed E-state index contributed by atoms with van der Waals surface area (Å²) in [5, 5.41) is 12.3. The van der Waals surface area contributed by atoms with Crippen molar-refractivity contribution in [3.8, 4) is 0 Å². The maximum atomic E-state index is 9.79. The molecule has 0 aromatic heterocycles. The number of benzene rings is 2. The second kappa shape index (κ2) is 3.91. The molecule has 0 aliphatic carbocycles. The number of aliphatic hydroxyl groups is 1. The van der Waals surface area contributed by atoms with Crippen molar-refractivity contribution in [2.24, 2.45) is 0 Å². The third-order valence-corrected chi connectivity index (χ3v) is 2.70. The van der Waals surface area contributed by atoms with Crippen molar-refractivity contribution in [3.05, 3.63) is 47.5 Å². The van der Waals surface area contributed by atoms with Crippen molar-refractivity contribution in [1.82, 2.24) is 0 Å². The first-order valence-electron chi connectivity index (χ1n) is 5.66. The summed E-state index contributed by atoms with van der Waals surface area (Å²) in [5.74, 6) is 0. The standard InChI is InChI=1S/C15H18O/c1-11-4-6-14-9-12(10-15(2,3)16)5-7-13(14)8-11/h4-9,16H,10H2,1-3H3. The van der Waals surface area contributed by atoms with Gasteiger partial charge in [0.25, 0.3) is 0 Å². The lowest BCUT2D eigenvalue weighted by atomic mass is 9.96. The number of hydrogen-bond acceptors (Lipinski definition) is 1. The van der Waals surface area contributed by atoms with Crippen LogP contribution in [0.15, 0.2) is 36.4 Å². The zero-order chi connectivity index (χ0) is 11.8. The molecule has 0 unspecified atom stereocenters. The van der Waals surface area contributed by atoms with Crippen LogP contribution in [0.25, 0.3) is 10.8 Å². The summed E-state index contributed by atoms with van der Waals surface area (Å²) < 4.78 is 0. The first-order chi connectivity index (χ1) is 7.44. The molecule has 0 fully saturated rings. The molecule has 0 saturated heterocycles. The van der Waals surface area contributed by atoms with E-state index in [-0.39, 0.29) is 0 Å². The molecular formula is C15H18O. The molecule has 16 heavy (non-hydrogen) atoms. The lowest BCUT2D eigenvalue weighted by Crippen LogP contribution is -2.21. The van der Waals surface area contributed by atoms with Crippen LogP contribution in [-0.4, -0.2) is 10.7 Å². The molecule has 1 heteroatoms. The van der Waals surface area contributed by atoms with Gasteiger partial charge in [-0.3, -0.25) is 0 Å². The first-order valence-corrected chi connectivity index (χ1v) is 5.66. The van der Waals surface area contributed by atoms with Gasteiger partial charge >= 0.3 is 0 Å². The fraction of sp³-hybridized carbons (Fsp3) is 0.333. The van der Waals surface area contributed by atoms with Gasteiger partial charge in [0, 0.05) is 6.42 Å². The zero-order valence-electron chi connectivity index (χ0n) is 10.1. The molecule has 0 aliphatic rings. The van der Waals surface area contributed by atoms with Gasteiger partial charge in [-0.25, -0.2) is 0 Å². The predicted octanol–water partition coefficient (Wildman–Crippen LogP) is 3.46. The second-order valence-corrected chi connectivity index (χ2v) is 5.17. The third kappa shape index (κ3) is 2.61. The summed E-state index contributed by atoms with van der Waals surface area (Å²) in [5.41, 5.74) is 1.82. The average Bonchev–Trinajstić information content (AvgIpc) is 2.16. The van der Waals surface area contributed by atoms with Crippen LogP contribution in [0.1, 0.15) is 25.0 Å². The van der Waals surface area contributed by atoms with E-state index < -0.39 is 5.60 Å². The van der Waals surface area contributed by atoms with Crippen LogP contribution < -0.4 is 0 Å². The minimum absolute atomic E-state index is 0.641. The maximum absolute atomic E-state index is 9.79. The van der Waals surface area contributed by atoms with E-state index in [1.807, 2.05) is 13.8 Å². The van der Waals surface area contributed by atoms with Gasteiger partial charge in [-0.2, -0.15) is 0 Å². The highest BCUT2D eigenvalue weighted by molar-refractivity contribution is 5.83. The van der Waals surface area contributed by atoms with E-state index in [9.17, 15) is 5.11 Å². The van der Waals surface area contributed by atoms with E-state index in [1.165, 1.54) is 21.9 Å². The highest BCUT2D eigenvalue weighted by atomic mass is 16.3. The van der Waals surface area contributed by atoms with Gasteiger partial charge in [0.2, 0.25) is 0 Å². The Bertz CT molecular complexity index is 506. The van der Waals surface area contributed by atoms with Gasteiger partial charge in [-0.15, -0.1) is 0 Å². The van der Waals surface area contributed by atoms with Crippen LogP contribution in [0.3, 0.4) is 0 Å². The Labute approximate surface area is 96.7 Å². The molecular weight excluding hydrogens is 196 g/mol. The molecule has 2 rings (SSSR count). The fourth-order valence-electron chi connectivity index (χ4n) is 2.02. The average molecular weight is 214 g/mol. The smallest absolute Gasteiger partial charge is 0.0631 e. The van der Waals surface area contributed by atoms with Crippen molar-refractivity contribution in [3.63, 3.8) is 0 Å². The van der Waals surface area contributed by atoms with Crippen LogP contribution in [0, 0.1) is 6.92 Å². The van der Waals surface area contributed by atoms with Gasteiger partial charge in [-0.05, 0) is 37.1 Å². The van der Waals surface area contributed by atoms with Crippen LogP contribution in [0.2, 0.25) is 0 Å². The predicted molar refractivity (Wildman–Crippen MR) is 68.7 cm³/mol. The van der Waals surface area contributed by atoms with Crippen molar-refractivity contribution >= 4 is 10.8 Å². The Kier molecular flexibility index (Phi) is 2.73. The summed E-state index contributed by atoms with van der Waals surface area (Å²) in [6.45, 7) is 5.78. The second-order valence-electron chi connectivity index (χ2n) is 5.17. The number of fused-ring (bicyclic) bond motifs is 1. The first kappa shape index (κ1) is 11.2. The van der Waals surface area contributed by atoms with Gasteiger partial charge in [0.15, 0.2) is 0 Å². The molecule has 1 N–H and O–H groups in total. The lowest BCUT2D eigenvalue weighted by Gasteiger charge is -2.17. The van der Waals surface area contributed by atoms with Crippen LogP contribution >= 0.6 is 0 Å². The molecule has 2 aromatic carbocycles. The van der Waals surface area contributed by atoms with Gasteiger partial charge < -0.3 is 5.11 Å². The quantitative estimate of drug-likeness (QED) is 0.811. The highest BCUT2D eigenvalue weighted by Gasteiger charge is 2.13. The van der Waals surface area contributed by atoms with E-state index in [0.29, 0.717) is 6.42 Å². The third-order valence-electron chi connectivity index (χ3n) is 2.70. The van der Waals surface area contributed by atoms with Gasteiger partial charge in [-0.1, -0.05) is 42.0 Å². The normalized spacial score (nSPS) is 12.0. The van der Waals surface area contributed by atoms with E-state index in [2.05, 4.69) is 43.3 Å². The van der Waals surface area contributed by atoms with Crippen molar-refractivity contribution < 1.29 is 5.11 Å². The number of aryl methyl sites for hydroxylation is 1. The van der Waals surface area contributed by atoms with E-state index in [4.69, 9.17) is 0 Å². The minimum Gasteiger partial charge on any atom is -0.390 e. The minimum atomic E-state index is -0.641. The van der Waals surface area contributed by atoms with E-state index in [1.54, 1.807) is 0 Å². The molecule has 2 aromatic rings.